The molecule has 288 valence electrons. The predicted molar refractivity (Wildman–Crippen MR) is 207 cm³/mol. The zero-order valence-electron chi connectivity index (χ0n) is 31.5. The highest BCUT2D eigenvalue weighted by molar-refractivity contribution is 7.46. The van der Waals surface area contributed by atoms with Crippen molar-refractivity contribution in [2.24, 2.45) is 0 Å². The molecule has 0 aromatic heterocycles. The van der Waals surface area contributed by atoms with Gasteiger partial charge in [0.05, 0.1) is 6.61 Å². The standard InChI is InChI=1S/C41H71O8P/c1-3-5-7-9-11-13-15-17-19-20-22-24-26-28-30-32-34-36-41(43)49-39(38-48-50(44,45)46)37-47-40(42)35-33-31-29-27-25-23-21-18-16-14-12-10-8-6-4-2/h11,13,17-19,21-22,24,28,30,39H,3-10,12,14-16,20,23,25-27,29,31-38H2,1-2H3,(H2,44,45,46)/b13-11+,19-17+,21-18+,24-22+,30-28+/t39-/m1/s1. The summed E-state index contributed by atoms with van der Waals surface area (Å²) < 4.78 is 26.3. The summed E-state index contributed by atoms with van der Waals surface area (Å²) in [6.45, 7) is 3.59. The van der Waals surface area contributed by atoms with Crippen molar-refractivity contribution < 1.29 is 37.9 Å². The average molecular weight is 723 g/mol. The van der Waals surface area contributed by atoms with Gasteiger partial charge in [-0.2, -0.15) is 0 Å². The normalized spacial score (nSPS) is 13.1. The summed E-state index contributed by atoms with van der Waals surface area (Å²) in [6.07, 6.45) is 45.1. The van der Waals surface area contributed by atoms with E-state index in [4.69, 9.17) is 19.3 Å². The highest BCUT2D eigenvalue weighted by Crippen LogP contribution is 2.36. The van der Waals surface area contributed by atoms with E-state index in [2.05, 4.69) is 73.1 Å². The molecular formula is C41H71O8P. The van der Waals surface area contributed by atoms with Crippen molar-refractivity contribution in [2.45, 2.75) is 174 Å². The zero-order chi connectivity index (χ0) is 36.8. The summed E-state index contributed by atoms with van der Waals surface area (Å²) in [5.41, 5.74) is 0. The fraction of sp³-hybridized carbons (Fsp3) is 0.707. The van der Waals surface area contributed by atoms with Crippen LogP contribution in [0.4, 0.5) is 0 Å². The van der Waals surface area contributed by atoms with E-state index in [-0.39, 0.29) is 19.4 Å². The fourth-order valence-corrected chi connectivity index (χ4v) is 5.42. The lowest BCUT2D eigenvalue weighted by molar-refractivity contribution is -0.161. The molecule has 8 nitrogen and oxygen atoms in total. The molecule has 0 aliphatic rings. The van der Waals surface area contributed by atoms with E-state index >= 15 is 0 Å². The number of carbonyl (C=O) groups excluding carboxylic acids is 2. The quantitative estimate of drug-likeness (QED) is 0.0287. The Kier molecular flexibility index (Phi) is 34.9. The number of rotatable bonds is 35. The Hall–Kier alpha value is -2.25. The number of phosphoric ester groups is 1. The van der Waals surface area contributed by atoms with Crippen molar-refractivity contribution in [3.05, 3.63) is 60.8 Å². The number of ether oxygens (including phenoxy) is 2. The second-order valence-corrected chi connectivity index (χ2v) is 14.1. The predicted octanol–water partition coefficient (Wildman–Crippen LogP) is 11.7. The van der Waals surface area contributed by atoms with Crippen LogP contribution in [0.15, 0.2) is 60.8 Å². The van der Waals surface area contributed by atoms with Crippen molar-refractivity contribution in [3.63, 3.8) is 0 Å². The highest BCUT2D eigenvalue weighted by Gasteiger charge is 2.22. The van der Waals surface area contributed by atoms with E-state index in [9.17, 15) is 14.2 Å². The maximum Gasteiger partial charge on any atom is 0.469 e. The maximum atomic E-state index is 12.3. The van der Waals surface area contributed by atoms with Gasteiger partial charge in [-0.05, 0) is 77.0 Å². The molecule has 9 heteroatoms. The number of allylic oxidation sites excluding steroid dienone is 10. The van der Waals surface area contributed by atoms with Crippen LogP contribution in [0.3, 0.4) is 0 Å². The minimum Gasteiger partial charge on any atom is -0.462 e. The van der Waals surface area contributed by atoms with Gasteiger partial charge in [0.2, 0.25) is 0 Å². The first-order chi connectivity index (χ1) is 24.3. The number of carbonyl (C=O) groups is 2. The largest absolute Gasteiger partial charge is 0.469 e. The van der Waals surface area contributed by atoms with E-state index in [0.29, 0.717) is 19.3 Å². The minimum absolute atomic E-state index is 0.132. The van der Waals surface area contributed by atoms with Crippen molar-refractivity contribution in [1.82, 2.24) is 0 Å². The van der Waals surface area contributed by atoms with Crippen LogP contribution in [-0.2, 0) is 28.2 Å². The van der Waals surface area contributed by atoms with Crippen LogP contribution >= 0.6 is 7.82 Å². The van der Waals surface area contributed by atoms with Gasteiger partial charge < -0.3 is 19.3 Å². The van der Waals surface area contributed by atoms with Crippen molar-refractivity contribution in [3.8, 4) is 0 Å². The first kappa shape index (κ1) is 47.8. The Labute approximate surface area is 305 Å². The summed E-state index contributed by atoms with van der Waals surface area (Å²) in [5, 5.41) is 0. The molecular weight excluding hydrogens is 651 g/mol. The van der Waals surface area contributed by atoms with E-state index in [1.165, 1.54) is 70.6 Å². The Bertz CT molecular complexity index is 995. The van der Waals surface area contributed by atoms with Gasteiger partial charge in [0.25, 0.3) is 0 Å². The maximum absolute atomic E-state index is 12.3. The lowest BCUT2D eigenvalue weighted by Gasteiger charge is -2.18. The molecule has 0 aromatic rings. The second-order valence-electron chi connectivity index (χ2n) is 12.9. The monoisotopic (exact) mass is 722 g/mol. The van der Waals surface area contributed by atoms with E-state index in [1.54, 1.807) is 0 Å². The van der Waals surface area contributed by atoms with Crippen LogP contribution in [0.5, 0.6) is 0 Å². The Balaban J connectivity index is 4.08. The Morgan fingerprint density at radius 1 is 0.520 bits per heavy atom. The molecule has 0 aliphatic heterocycles. The van der Waals surface area contributed by atoms with Crippen LogP contribution in [0, 0.1) is 0 Å². The molecule has 0 spiro atoms. The summed E-state index contributed by atoms with van der Waals surface area (Å²) in [4.78, 5) is 42.7. The van der Waals surface area contributed by atoms with Crippen LogP contribution in [-0.4, -0.2) is 41.0 Å². The summed E-state index contributed by atoms with van der Waals surface area (Å²) in [7, 11) is -4.77. The summed E-state index contributed by atoms with van der Waals surface area (Å²) in [5.74, 6) is -0.964. The topological polar surface area (TPSA) is 119 Å². The third-order valence-corrected chi connectivity index (χ3v) is 8.49. The first-order valence-electron chi connectivity index (χ1n) is 19.6. The minimum atomic E-state index is -4.77. The fourth-order valence-electron chi connectivity index (χ4n) is 5.06. The van der Waals surface area contributed by atoms with Gasteiger partial charge in [0.1, 0.15) is 6.61 Å². The van der Waals surface area contributed by atoms with Gasteiger partial charge in [-0.25, -0.2) is 4.57 Å². The third-order valence-electron chi connectivity index (χ3n) is 8.01. The van der Waals surface area contributed by atoms with Gasteiger partial charge in [-0.15, -0.1) is 0 Å². The molecule has 0 amide bonds. The molecule has 0 rings (SSSR count). The number of phosphoric acid groups is 1. The van der Waals surface area contributed by atoms with Crippen LogP contribution in [0.1, 0.15) is 168 Å². The molecule has 0 bridgehead atoms. The van der Waals surface area contributed by atoms with Gasteiger partial charge in [-0.1, -0.05) is 139 Å². The van der Waals surface area contributed by atoms with Crippen LogP contribution in [0.2, 0.25) is 0 Å². The molecule has 2 N–H and O–H groups in total. The molecule has 0 aromatic carbocycles. The SMILES string of the molecule is CCCCC/C=C/C/C=C/C/C=C/C/C=C/CCCC(=O)O[C@H](COC(=O)CCCCCCC/C=C/CCCCCCCC)COP(=O)(O)O. The number of hydrogen-bond donors (Lipinski definition) is 2. The number of hydrogen-bond acceptors (Lipinski definition) is 6. The first-order valence-corrected chi connectivity index (χ1v) is 21.1. The van der Waals surface area contributed by atoms with E-state index in [0.717, 1.165) is 51.4 Å². The molecule has 50 heavy (non-hydrogen) atoms. The van der Waals surface area contributed by atoms with Crippen LogP contribution < -0.4 is 0 Å². The lowest BCUT2D eigenvalue weighted by Crippen LogP contribution is -2.29. The zero-order valence-corrected chi connectivity index (χ0v) is 32.4. The summed E-state index contributed by atoms with van der Waals surface area (Å²) in [6, 6.07) is 0. The molecule has 0 unspecified atom stereocenters. The summed E-state index contributed by atoms with van der Waals surface area (Å²) >= 11 is 0. The number of unbranched alkanes of at least 4 members (excludes halogenated alkanes) is 15. The Morgan fingerprint density at radius 3 is 1.46 bits per heavy atom. The molecule has 0 radical (unpaired) electrons. The molecule has 1 atom stereocenters. The second kappa shape index (κ2) is 36.5. The number of esters is 2. The Morgan fingerprint density at radius 2 is 0.920 bits per heavy atom. The van der Waals surface area contributed by atoms with E-state index < -0.39 is 32.5 Å². The van der Waals surface area contributed by atoms with Crippen molar-refractivity contribution in [2.75, 3.05) is 13.2 Å². The molecule has 0 saturated carbocycles. The third kappa shape index (κ3) is 38.6. The smallest absolute Gasteiger partial charge is 0.462 e. The van der Waals surface area contributed by atoms with Gasteiger partial charge in [-0.3, -0.25) is 14.1 Å². The molecule has 0 heterocycles. The molecule has 0 saturated heterocycles. The molecule has 0 aliphatic carbocycles. The molecule has 0 fully saturated rings. The van der Waals surface area contributed by atoms with Crippen molar-refractivity contribution in [1.29, 1.82) is 0 Å². The average Bonchev–Trinajstić information content (AvgIpc) is 3.08. The van der Waals surface area contributed by atoms with Crippen molar-refractivity contribution >= 4 is 19.8 Å². The van der Waals surface area contributed by atoms with Gasteiger partial charge in [0, 0.05) is 12.8 Å². The van der Waals surface area contributed by atoms with E-state index in [1.807, 2.05) is 6.08 Å². The van der Waals surface area contributed by atoms with Gasteiger partial charge >= 0.3 is 19.8 Å². The van der Waals surface area contributed by atoms with Crippen LogP contribution in [0.25, 0.3) is 0 Å². The lowest BCUT2D eigenvalue weighted by atomic mass is 10.1. The van der Waals surface area contributed by atoms with Gasteiger partial charge in [0.15, 0.2) is 6.10 Å². The highest BCUT2D eigenvalue weighted by atomic mass is 31.2.